The van der Waals surface area contributed by atoms with Crippen molar-refractivity contribution in [3.05, 3.63) is 0 Å². The summed E-state index contributed by atoms with van der Waals surface area (Å²) in [4.78, 5) is 0. The lowest BCUT2D eigenvalue weighted by Gasteiger charge is -2.19. The summed E-state index contributed by atoms with van der Waals surface area (Å²) in [5, 5.41) is 0. The fourth-order valence-electron chi connectivity index (χ4n) is 1.66. The molecule has 0 heterocycles. The SMILES string of the molecule is CO[Si](C)(C)CCCCCC[Si](C)(C)C. The van der Waals surface area contributed by atoms with Crippen LogP contribution in [-0.2, 0) is 4.43 Å². The van der Waals surface area contributed by atoms with Gasteiger partial charge in [0, 0.05) is 15.2 Å². The number of unbranched alkanes of at least 4 members (excludes halogenated alkanes) is 3. The number of hydrogen-bond donors (Lipinski definition) is 0. The van der Waals surface area contributed by atoms with E-state index < -0.39 is 16.4 Å². The summed E-state index contributed by atoms with van der Waals surface area (Å²) in [6, 6.07) is 2.83. The first-order valence-electron chi connectivity index (χ1n) is 6.32. The summed E-state index contributed by atoms with van der Waals surface area (Å²) in [5.74, 6) is 0. The van der Waals surface area contributed by atoms with Crippen molar-refractivity contribution in [2.24, 2.45) is 0 Å². The third-order valence-corrected chi connectivity index (χ3v) is 7.52. The maximum Gasteiger partial charge on any atom is 0.186 e. The van der Waals surface area contributed by atoms with Crippen molar-refractivity contribution in [3.8, 4) is 0 Å². The zero-order valence-electron chi connectivity index (χ0n) is 11.7. The monoisotopic (exact) mass is 246 g/mol. The van der Waals surface area contributed by atoms with Crippen LogP contribution in [0.1, 0.15) is 25.7 Å². The standard InChI is InChI=1S/C12H30OSi2/c1-13-15(5,6)12-10-8-7-9-11-14(2,3)4/h7-12H2,1-6H3. The zero-order valence-corrected chi connectivity index (χ0v) is 13.7. The van der Waals surface area contributed by atoms with Crippen LogP contribution in [-0.4, -0.2) is 23.5 Å². The molecule has 0 N–H and O–H groups in total. The molecule has 0 unspecified atom stereocenters. The fraction of sp³-hybridized carbons (Fsp3) is 1.00. The molecule has 92 valence electrons. The minimum Gasteiger partial charge on any atom is -0.420 e. The van der Waals surface area contributed by atoms with E-state index in [2.05, 4.69) is 32.7 Å². The minimum atomic E-state index is -1.27. The van der Waals surface area contributed by atoms with Crippen molar-refractivity contribution >= 4 is 16.4 Å². The summed E-state index contributed by atoms with van der Waals surface area (Å²) < 4.78 is 5.54. The maximum absolute atomic E-state index is 5.54. The molecule has 0 aromatic heterocycles. The second-order valence-electron chi connectivity index (χ2n) is 6.44. The van der Waals surface area contributed by atoms with Gasteiger partial charge in [0.05, 0.1) is 0 Å². The van der Waals surface area contributed by atoms with E-state index in [1.54, 1.807) is 0 Å². The highest BCUT2D eigenvalue weighted by Crippen LogP contribution is 2.18. The molecule has 0 fully saturated rings. The average Bonchev–Trinajstić information content (AvgIpc) is 2.09. The molecule has 0 aliphatic rings. The highest BCUT2D eigenvalue weighted by atomic mass is 28.4. The van der Waals surface area contributed by atoms with Gasteiger partial charge in [-0.1, -0.05) is 51.4 Å². The Hall–Kier alpha value is 0.394. The normalized spacial score (nSPS) is 13.2. The maximum atomic E-state index is 5.54. The molecule has 0 aliphatic heterocycles. The van der Waals surface area contributed by atoms with Crippen LogP contribution in [0.25, 0.3) is 0 Å². The van der Waals surface area contributed by atoms with E-state index in [1.807, 2.05) is 7.11 Å². The largest absolute Gasteiger partial charge is 0.420 e. The Kier molecular flexibility index (Phi) is 7.05. The quantitative estimate of drug-likeness (QED) is 0.444. The van der Waals surface area contributed by atoms with Crippen LogP contribution in [0.2, 0.25) is 44.8 Å². The van der Waals surface area contributed by atoms with Gasteiger partial charge < -0.3 is 4.43 Å². The molecule has 3 heteroatoms. The lowest BCUT2D eigenvalue weighted by molar-refractivity contribution is 0.401. The smallest absolute Gasteiger partial charge is 0.186 e. The molecule has 0 aromatic rings. The molecule has 0 radical (unpaired) electrons. The van der Waals surface area contributed by atoms with E-state index in [-0.39, 0.29) is 0 Å². The minimum absolute atomic E-state index is 0.777. The Labute approximate surface area is 98.8 Å². The van der Waals surface area contributed by atoms with Crippen molar-refractivity contribution in [2.45, 2.75) is 70.5 Å². The predicted molar refractivity (Wildman–Crippen MR) is 75.9 cm³/mol. The summed E-state index contributed by atoms with van der Waals surface area (Å²) in [7, 11) is -0.170. The van der Waals surface area contributed by atoms with Gasteiger partial charge >= 0.3 is 0 Å². The molecule has 0 bridgehead atoms. The highest BCUT2D eigenvalue weighted by Gasteiger charge is 2.19. The van der Waals surface area contributed by atoms with Gasteiger partial charge in [0.1, 0.15) is 0 Å². The van der Waals surface area contributed by atoms with E-state index in [1.165, 1.54) is 37.8 Å². The first-order chi connectivity index (χ1) is 6.77. The van der Waals surface area contributed by atoms with Gasteiger partial charge in [0.2, 0.25) is 0 Å². The Morgan fingerprint density at radius 3 is 1.60 bits per heavy atom. The van der Waals surface area contributed by atoms with Gasteiger partial charge in [0.25, 0.3) is 0 Å². The summed E-state index contributed by atoms with van der Waals surface area (Å²) in [6.45, 7) is 12.0. The van der Waals surface area contributed by atoms with E-state index in [0.717, 1.165) is 0 Å². The van der Waals surface area contributed by atoms with Gasteiger partial charge in [-0.2, -0.15) is 0 Å². The lowest BCUT2D eigenvalue weighted by atomic mass is 10.2. The lowest BCUT2D eigenvalue weighted by Crippen LogP contribution is -2.27. The van der Waals surface area contributed by atoms with Crippen LogP contribution in [0.5, 0.6) is 0 Å². The van der Waals surface area contributed by atoms with E-state index in [0.29, 0.717) is 0 Å². The van der Waals surface area contributed by atoms with Crippen molar-refractivity contribution in [1.82, 2.24) is 0 Å². The molecule has 0 saturated carbocycles. The second-order valence-corrected chi connectivity index (χ2v) is 16.5. The number of hydrogen-bond acceptors (Lipinski definition) is 1. The van der Waals surface area contributed by atoms with Gasteiger partial charge in [0.15, 0.2) is 8.32 Å². The highest BCUT2D eigenvalue weighted by molar-refractivity contribution is 6.76. The van der Waals surface area contributed by atoms with Gasteiger partial charge in [-0.05, 0) is 19.1 Å². The number of rotatable bonds is 8. The summed E-state index contributed by atoms with van der Waals surface area (Å²) in [6.07, 6.45) is 5.66. The fourth-order valence-corrected chi connectivity index (χ4v) is 4.28. The molecule has 1 nitrogen and oxygen atoms in total. The third kappa shape index (κ3) is 10.7. The molecule has 0 aromatic carbocycles. The van der Waals surface area contributed by atoms with E-state index in [9.17, 15) is 0 Å². The van der Waals surface area contributed by atoms with Gasteiger partial charge in [-0.25, -0.2) is 0 Å². The Bertz CT molecular complexity index is 161. The third-order valence-electron chi connectivity index (χ3n) is 3.01. The van der Waals surface area contributed by atoms with Gasteiger partial charge in [-0.15, -0.1) is 0 Å². The molecule has 0 rings (SSSR count). The van der Waals surface area contributed by atoms with Crippen molar-refractivity contribution in [3.63, 3.8) is 0 Å². The van der Waals surface area contributed by atoms with Crippen LogP contribution in [0.4, 0.5) is 0 Å². The first kappa shape index (κ1) is 15.4. The first-order valence-corrected chi connectivity index (χ1v) is 13.1. The van der Waals surface area contributed by atoms with Crippen LogP contribution in [0.3, 0.4) is 0 Å². The molecular weight excluding hydrogens is 216 g/mol. The van der Waals surface area contributed by atoms with Gasteiger partial charge in [-0.3, -0.25) is 0 Å². The van der Waals surface area contributed by atoms with E-state index >= 15 is 0 Å². The summed E-state index contributed by atoms with van der Waals surface area (Å²) in [5.41, 5.74) is 0. The molecule has 0 atom stereocenters. The average molecular weight is 247 g/mol. The molecule has 0 spiro atoms. The molecule has 0 aliphatic carbocycles. The molecule has 0 saturated heterocycles. The Balaban J connectivity index is 3.33. The van der Waals surface area contributed by atoms with Crippen LogP contribution >= 0.6 is 0 Å². The predicted octanol–water partition coefficient (Wildman–Crippen LogP) is 4.74. The van der Waals surface area contributed by atoms with Crippen molar-refractivity contribution in [1.29, 1.82) is 0 Å². The molecule has 0 amide bonds. The van der Waals surface area contributed by atoms with E-state index in [4.69, 9.17) is 4.43 Å². The molecule has 15 heavy (non-hydrogen) atoms. The van der Waals surface area contributed by atoms with Crippen molar-refractivity contribution < 1.29 is 4.43 Å². The zero-order chi connectivity index (χ0) is 11.9. The van der Waals surface area contributed by atoms with Crippen LogP contribution in [0.15, 0.2) is 0 Å². The topological polar surface area (TPSA) is 9.23 Å². The van der Waals surface area contributed by atoms with Crippen LogP contribution in [0, 0.1) is 0 Å². The molecular formula is C12H30OSi2. The second kappa shape index (κ2) is 6.87. The van der Waals surface area contributed by atoms with Crippen LogP contribution < -0.4 is 0 Å². The van der Waals surface area contributed by atoms with Crippen molar-refractivity contribution in [2.75, 3.05) is 7.11 Å². The summed E-state index contributed by atoms with van der Waals surface area (Å²) >= 11 is 0. The Morgan fingerprint density at radius 2 is 1.20 bits per heavy atom. The Morgan fingerprint density at radius 1 is 0.733 bits per heavy atom.